The molecule has 2 aromatic carbocycles. The fourth-order valence-electron chi connectivity index (χ4n) is 3.83. The summed E-state index contributed by atoms with van der Waals surface area (Å²) in [7, 11) is 0. The molecule has 2 aliphatic rings. The second kappa shape index (κ2) is 10.3. The number of alkyl halides is 3. The number of rotatable bonds is 6. The standard InChI is InChI=1S/C24H25F3N2O4/c25-24(26,27)19-5-3-18(4-6-19)20(29-9-11-31-12-10-29)16-28-23(30)8-2-17-1-7-21-22(15-17)33-14-13-32-21/h1-8,15,20H,9-14,16H2,(H,28,30)/b8-2+. The van der Waals surface area contributed by atoms with Crippen molar-refractivity contribution in [1.29, 1.82) is 0 Å². The summed E-state index contributed by atoms with van der Waals surface area (Å²) >= 11 is 0. The highest BCUT2D eigenvalue weighted by atomic mass is 19.4. The molecule has 1 fully saturated rings. The molecule has 1 amide bonds. The minimum atomic E-state index is -4.39. The number of carbonyl (C=O) groups excluding carboxylic acids is 1. The van der Waals surface area contributed by atoms with Crippen LogP contribution in [0, 0.1) is 0 Å². The van der Waals surface area contributed by atoms with Crippen molar-refractivity contribution in [3.8, 4) is 11.5 Å². The number of nitrogens with one attached hydrogen (secondary N) is 1. The smallest absolute Gasteiger partial charge is 0.416 e. The van der Waals surface area contributed by atoms with Gasteiger partial charge in [-0.1, -0.05) is 18.2 Å². The zero-order valence-corrected chi connectivity index (χ0v) is 17.9. The average Bonchev–Trinajstić information content (AvgIpc) is 2.83. The number of fused-ring (bicyclic) bond motifs is 1. The van der Waals surface area contributed by atoms with Crippen LogP contribution in [-0.2, 0) is 15.7 Å². The summed E-state index contributed by atoms with van der Waals surface area (Å²) in [6, 6.07) is 10.3. The summed E-state index contributed by atoms with van der Waals surface area (Å²) in [5.74, 6) is 1.02. The van der Waals surface area contributed by atoms with Crippen LogP contribution in [0.1, 0.15) is 22.7 Å². The lowest BCUT2D eigenvalue weighted by molar-refractivity contribution is -0.137. The molecular weight excluding hydrogens is 437 g/mol. The Hall–Kier alpha value is -3.04. The van der Waals surface area contributed by atoms with Gasteiger partial charge in [-0.15, -0.1) is 0 Å². The van der Waals surface area contributed by atoms with Crippen LogP contribution in [0.5, 0.6) is 11.5 Å². The quantitative estimate of drug-likeness (QED) is 0.664. The third-order valence-electron chi connectivity index (χ3n) is 5.57. The van der Waals surface area contributed by atoms with Gasteiger partial charge in [-0.3, -0.25) is 9.69 Å². The van der Waals surface area contributed by atoms with Crippen molar-refractivity contribution in [2.45, 2.75) is 12.2 Å². The summed E-state index contributed by atoms with van der Waals surface area (Å²) in [6.07, 6.45) is -1.29. The molecule has 0 saturated carbocycles. The highest BCUT2D eigenvalue weighted by molar-refractivity contribution is 5.91. The van der Waals surface area contributed by atoms with Gasteiger partial charge in [0.25, 0.3) is 0 Å². The van der Waals surface area contributed by atoms with Crippen molar-refractivity contribution < 1.29 is 32.2 Å². The summed E-state index contributed by atoms with van der Waals surface area (Å²) < 4.78 is 55.3. The number of ether oxygens (including phenoxy) is 3. The lowest BCUT2D eigenvalue weighted by Gasteiger charge is -2.35. The molecule has 1 unspecified atom stereocenters. The van der Waals surface area contributed by atoms with E-state index >= 15 is 0 Å². The summed E-state index contributed by atoms with van der Waals surface area (Å²) in [5.41, 5.74) is 0.807. The first-order chi connectivity index (χ1) is 15.9. The number of halogens is 3. The van der Waals surface area contributed by atoms with Crippen molar-refractivity contribution >= 4 is 12.0 Å². The molecule has 1 atom stereocenters. The molecule has 0 aliphatic carbocycles. The molecular formula is C24H25F3N2O4. The number of morpholine rings is 1. The van der Waals surface area contributed by atoms with Crippen LogP contribution < -0.4 is 14.8 Å². The fourth-order valence-corrected chi connectivity index (χ4v) is 3.83. The van der Waals surface area contributed by atoms with E-state index in [2.05, 4.69) is 10.2 Å². The van der Waals surface area contributed by atoms with E-state index in [1.807, 2.05) is 6.07 Å². The number of nitrogens with zero attached hydrogens (tertiary/aromatic N) is 1. The lowest BCUT2D eigenvalue weighted by atomic mass is 10.0. The molecule has 176 valence electrons. The second-order valence-corrected chi connectivity index (χ2v) is 7.77. The Balaban J connectivity index is 1.42. The van der Waals surface area contributed by atoms with Gasteiger partial charge in [0, 0.05) is 25.7 Å². The SMILES string of the molecule is O=C(/C=C/c1ccc2c(c1)OCCO2)NCC(c1ccc(C(F)(F)F)cc1)N1CCOCC1. The predicted octanol–water partition coefficient (Wildman–Crippen LogP) is 3.68. The Morgan fingerprint density at radius 3 is 2.39 bits per heavy atom. The first kappa shape index (κ1) is 23.1. The summed E-state index contributed by atoms with van der Waals surface area (Å²) in [5, 5.41) is 2.87. The van der Waals surface area contributed by atoms with Crippen LogP contribution in [-0.4, -0.2) is 56.9 Å². The number of benzene rings is 2. The van der Waals surface area contributed by atoms with Crippen molar-refractivity contribution in [3.63, 3.8) is 0 Å². The highest BCUT2D eigenvalue weighted by Crippen LogP contribution is 2.32. The van der Waals surface area contributed by atoms with Crippen LogP contribution >= 0.6 is 0 Å². The van der Waals surface area contributed by atoms with E-state index in [0.717, 1.165) is 17.7 Å². The van der Waals surface area contributed by atoms with Crippen LogP contribution in [0.3, 0.4) is 0 Å². The van der Waals surface area contributed by atoms with Gasteiger partial charge in [0.1, 0.15) is 13.2 Å². The molecule has 0 spiro atoms. The van der Waals surface area contributed by atoms with Gasteiger partial charge >= 0.3 is 6.18 Å². The van der Waals surface area contributed by atoms with Gasteiger partial charge < -0.3 is 19.5 Å². The van der Waals surface area contributed by atoms with Gasteiger partial charge in [0.05, 0.1) is 24.8 Å². The van der Waals surface area contributed by atoms with Gasteiger partial charge in [-0.2, -0.15) is 13.2 Å². The topological polar surface area (TPSA) is 60.0 Å². The molecule has 1 N–H and O–H groups in total. The maximum atomic E-state index is 12.9. The third kappa shape index (κ3) is 6.06. The largest absolute Gasteiger partial charge is 0.486 e. The molecule has 6 nitrogen and oxygen atoms in total. The third-order valence-corrected chi connectivity index (χ3v) is 5.57. The molecule has 0 bridgehead atoms. The van der Waals surface area contributed by atoms with E-state index < -0.39 is 11.7 Å². The average molecular weight is 462 g/mol. The molecule has 0 radical (unpaired) electrons. The lowest BCUT2D eigenvalue weighted by Crippen LogP contribution is -2.43. The van der Waals surface area contributed by atoms with Crippen molar-refractivity contribution in [3.05, 3.63) is 65.2 Å². The molecule has 9 heteroatoms. The summed E-state index contributed by atoms with van der Waals surface area (Å²) in [4.78, 5) is 14.6. The Kier molecular flexibility index (Phi) is 7.20. The van der Waals surface area contributed by atoms with Crippen LogP contribution in [0.25, 0.3) is 6.08 Å². The Bertz CT molecular complexity index is 986. The van der Waals surface area contributed by atoms with Gasteiger partial charge in [-0.25, -0.2) is 0 Å². The number of hydrogen-bond donors (Lipinski definition) is 1. The van der Waals surface area contributed by atoms with Crippen molar-refractivity contribution in [1.82, 2.24) is 10.2 Å². The molecule has 33 heavy (non-hydrogen) atoms. The maximum absolute atomic E-state index is 12.9. The normalized spacial score (nSPS) is 17.7. The van der Waals surface area contributed by atoms with Crippen molar-refractivity contribution in [2.75, 3.05) is 46.1 Å². The highest BCUT2D eigenvalue weighted by Gasteiger charge is 2.31. The Labute approximate surface area is 189 Å². The van der Waals surface area contributed by atoms with Crippen LogP contribution in [0.15, 0.2) is 48.5 Å². The second-order valence-electron chi connectivity index (χ2n) is 7.77. The number of amides is 1. The van der Waals surface area contributed by atoms with E-state index in [1.165, 1.54) is 18.2 Å². The van der Waals surface area contributed by atoms with Crippen molar-refractivity contribution in [2.24, 2.45) is 0 Å². The van der Waals surface area contributed by atoms with Crippen LogP contribution in [0.2, 0.25) is 0 Å². The molecule has 2 aliphatic heterocycles. The minimum Gasteiger partial charge on any atom is -0.486 e. The molecule has 1 saturated heterocycles. The fraction of sp³-hybridized carbons (Fsp3) is 0.375. The van der Waals surface area contributed by atoms with E-state index in [4.69, 9.17) is 14.2 Å². The maximum Gasteiger partial charge on any atom is 0.416 e. The van der Waals surface area contributed by atoms with E-state index in [1.54, 1.807) is 18.2 Å². The summed E-state index contributed by atoms with van der Waals surface area (Å²) in [6.45, 7) is 3.59. The first-order valence-corrected chi connectivity index (χ1v) is 10.7. The van der Waals surface area contributed by atoms with E-state index in [9.17, 15) is 18.0 Å². The zero-order valence-electron chi connectivity index (χ0n) is 17.9. The zero-order chi connectivity index (χ0) is 23.3. The minimum absolute atomic E-state index is 0.260. The molecule has 2 heterocycles. The van der Waals surface area contributed by atoms with Gasteiger partial charge in [-0.05, 0) is 41.5 Å². The molecule has 4 rings (SSSR count). The Morgan fingerprint density at radius 1 is 1.00 bits per heavy atom. The first-order valence-electron chi connectivity index (χ1n) is 10.7. The number of hydrogen-bond acceptors (Lipinski definition) is 5. The van der Waals surface area contributed by atoms with Crippen LogP contribution in [0.4, 0.5) is 13.2 Å². The van der Waals surface area contributed by atoms with Gasteiger partial charge in [0.2, 0.25) is 5.91 Å². The predicted molar refractivity (Wildman–Crippen MR) is 116 cm³/mol. The molecule has 2 aromatic rings. The van der Waals surface area contributed by atoms with Gasteiger partial charge in [0.15, 0.2) is 11.5 Å². The van der Waals surface area contributed by atoms with E-state index in [0.29, 0.717) is 56.6 Å². The monoisotopic (exact) mass is 462 g/mol. The van der Waals surface area contributed by atoms with E-state index in [-0.39, 0.29) is 18.5 Å². The Morgan fingerprint density at radius 2 is 1.70 bits per heavy atom. The number of carbonyl (C=O) groups is 1. The molecule has 0 aromatic heterocycles.